The van der Waals surface area contributed by atoms with Crippen LogP contribution in [0.3, 0.4) is 0 Å². The molecule has 1 unspecified atom stereocenters. The fourth-order valence-corrected chi connectivity index (χ4v) is 3.97. The number of aliphatic carboxylic acids is 2. The highest BCUT2D eigenvalue weighted by atomic mass is 32.2. The van der Waals surface area contributed by atoms with Gasteiger partial charge in [0.05, 0.1) is 12.5 Å². The fraction of sp³-hybridized carbons (Fsp3) is 0.583. The van der Waals surface area contributed by atoms with Gasteiger partial charge in [0.1, 0.15) is 6.54 Å². The van der Waals surface area contributed by atoms with Gasteiger partial charge in [0.25, 0.3) is 0 Å². The van der Waals surface area contributed by atoms with Crippen LogP contribution in [0.1, 0.15) is 59.8 Å². The average Bonchev–Trinajstić information content (AvgIpc) is 2.68. The molecule has 0 aromatic carbocycles. The number of allylic oxidation sites excluding steroid dienone is 5. The number of nitrogens with two attached hydrogens (primary N) is 1. The number of carbonyl (C=O) groups excluding carboxylic acids is 2. The highest BCUT2D eigenvalue weighted by molar-refractivity contribution is 7.99. The minimum atomic E-state index is -1.30. The number of amides is 2. The molecule has 0 aromatic heterocycles. The number of nitrogens with zero attached hydrogens (tertiary/aromatic N) is 1. The van der Waals surface area contributed by atoms with E-state index in [0.717, 1.165) is 30.6 Å². The van der Waals surface area contributed by atoms with E-state index in [2.05, 4.69) is 39.0 Å². The standard InChI is InChI=1S/C24H38N2O6S/c1-17(2)7-5-8-18(3)9-6-10-19(4)11-12-33-16-20(24(31)32)13-22(28)26(14-21(25)27)15-23(29)30/h7,9,11,20H,5-6,8,10,12-16H2,1-4H3,(H2,25,27)(H,29,30)(H,31,32)/b18-9+,19-11+. The van der Waals surface area contributed by atoms with E-state index in [4.69, 9.17) is 10.8 Å². The molecule has 186 valence electrons. The molecule has 0 rings (SSSR count). The third kappa shape index (κ3) is 16.7. The van der Waals surface area contributed by atoms with E-state index < -0.39 is 42.8 Å². The molecule has 1 atom stereocenters. The zero-order valence-corrected chi connectivity index (χ0v) is 21.0. The number of carboxylic acids is 2. The zero-order valence-electron chi connectivity index (χ0n) is 20.1. The summed E-state index contributed by atoms with van der Waals surface area (Å²) < 4.78 is 0. The molecule has 33 heavy (non-hydrogen) atoms. The number of hydrogen-bond donors (Lipinski definition) is 3. The quantitative estimate of drug-likeness (QED) is 0.212. The maximum absolute atomic E-state index is 12.3. The van der Waals surface area contributed by atoms with Gasteiger partial charge in [-0.15, -0.1) is 0 Å². The highest BCUT2D eigenvalue weighted by Crippen LogP contribution is 2.17. The summed E-state index contributed by atoms with van der Waals surface area (Å²) in [5, 5.41) is 18.3. The topological polar surface area (TPSA) is 138 Å². The first-order chi connectivity index (χ1) is 15.4. The van der Waals surface area contributed by atoms with Crippen molar-refractivity contribution in [3.8, 4) is 0 Å². The van der Waals surface area contributed by atoms with E-state index >= 15 is 0 Å². The average molecular weight is 483 g/mol. The summed E-state index contributed by atoms with van der Waals surface area (Å²) in [4.78, 5) is 46.6. The number of carbonyl (C=O) groups is 4. The molecule has 4 N–H and O–H groups in total. The van der Waals surface area contributed by atoms with Gasteiger partial charge in [-0.3, -0.25) is 19.2 Å². The number of rotatable bonds is 17. The summed E-state index contributed by atoms with van der Waals surface area (Å²) >= 11 is 1.40. The van der Waals surface area contributed by atoms with Crippen molar-refractivity contribution in [1.29, 1.82) is 0 Å². The SMILES string of the molecule is CC(C)=CCC/C(C)=C/CC/C(C)=C/CSCC(CC(=O)N(CC(N)=O)CC(=O)O)C(=O)O. The third-order valence-corrected chi connectivity index (χ3v) is 5.83. The molecule has 2 amide bonds. The van der Waals surface area contributed by atoms with Crippen molar-refractivity contribution in [3.05, 3.63) is 34.9 Å². The predicted octanol–water partition coefficient (Wildman–Crippen LogP) is 3.63. The lowest BCUT2D eigenvalue weighted by Crippen LogP contribution is -2.42. The van der Waals surface area contributed by atoms with Crippen LogP contribution in [0.15, 0.2) is 34.9 Å². The largest absolute Gasteiger partial charge is 0.481 e. The molecule has 0 saturated carbocycles. The van der Waals surface area contributed by atoms with E-state index in [1.807, 2.05) is 6.92 Å². The Labute approximate surface area is 201 Å². The summed E-state index contributed by atoms with van der Waals surface area (Å²) in [5.74, 6) is -4.18. The first kappa shape index (κ1) is 30.4. The molecule has 0 heterocycles. The van der Waals surface area contributed by atoms with Crippen LogP contribution in [-0.2, 0) is 19.2 Å². The van der Waals surface area contributed by atoms with Crippen LogP contribution in [0.5, 0.6) is 0 Å². The van der Waals surface area contributed by atoms with E-state index in [1.54, 1.807) is 0 Å². The minimum absolute atomic E-state index is 0.200. The molecular formula is C24H38N2O6S. The molecule has 0 aliphatic rings. The summed E-state index contributed by atoms with van der Waals surface area (Å²) in [6.45, 7) is 7.11. The van der Waals surface area contributed by atoms with Gasteiger partial charge >= 0.3 is 11.9 Å². The third-order valence-electron chi connectivity index (χ3n) is 4.79. The Morgan fingerprint density at radius 1 is 0.909 bits per heavy atom. The molecule has 8 nitrogen and oxygen atoms in total. The fourth-order valence-electron chi connectivity index (χ4n) is 2.89. The highest BCUT2D eigenvalue weighted by Gasteiger charge is 2.26. The van der Waals surface area contributed by atoms with Crippen molar-refractivity contribution in [3.63, 3.8) is 0 Å². The van der Waals surface area contributed by atoms with Gasteiger partial charge in [-0.05, 0) is 53.4 Å². The first-order valence-corrected chi connectivity index (χ1v) is 12.1. The van der Waals surface area contributed by atoms with Gasteiger partial charge < -0.3 is 20.8 Å². The summed E-state index contributed by atoms with van der Waals surface area (Å²) in [6, 6.07) is 0. The molecule has 0 bridgehead atoms. The summed E-state index contributed by atoms with van der Waals surface area (Å²) in [5.41, 5.74) is 8.97. The lowest BCUT2D eigenvalue weighted by atomic mass is 10.1. The molecule has 0 spiro atoms. The normalized spacial score (nSPS) is 12.7. The number of primary amides is 1. The van der Waals surface area contributed by atoms with Crippen LogP contribution >= 0.6 is 11.8 Å². The van der Waals surface area contributed by atoms with Gasteiger partial charge in [-0.1, -0.05) is 34.9 Å². The van der Waals surface area contributed by atoms with Crippen LogP contribution in [0.25, 0.3) is 0 Å². The van der Waals surface area contributed by atoms with Crippen LogP contribution in [0, 0.1) is 5.92 Å². The van der Waals surface area contributed by atoms with E-state index in [1.165, 1.54) is 28.5 Å². The lowest BCUT2D eigenvalue weighted by Gasteiger charge is -2.21. The molecule has 0 aliphatic heterocycles. The number of hydrogen-bond acceptors (Lipinski definition) is 5. The predicted molar refractivity (Wildman–Crippen MR) is 132 cm³/mol. The van der Waals surface area contributed by atoms with Crippen molar-refractivity contribution in [2.75, 3.05) is 24.6 Å². The van der Waals surface area contributed by atoms with Gasteiger partial charge in [0.15, 0.2) is 0 Å². The van der Waals surface area contributed by atoms with Crippen LogP contribution < -0.4 is 5.73 Å². The molecular weight excluding hydrogens is 444 g/mol. The second-order valence-electron chi connectivity index (χ2n) is 8.35. The Hall–Kier alpha value is -2.55. The minimum Gasteiger partial charge on any atom is -0.481 e. The van der Waals surface area contributed by atoms with Crippen molar-refractivity contribution >= 4 is 35.5 Å². The molecule has 9 heteroatoms. The molecule has 0 saturated heterocycles. The monoisotopic (exact) mass is 482 g/mol. The van der Waals surface area contributed by atoms with Crippen molar-refractivity contribution in [1.82, 2.24) is 4.90 Å². The maximum atomic E-state index is 12.3. The smallest absolute Gasteiger partial charge is 0.323 e. The van der Waals surface area contributed by atoms with Crippen LogP contribution in [-0.4, -0.2) is 63.5 Å². The molecule has 0 aromatic rings. The van der Waals surface area contributed by atoms with Gasteiger partial charge in [0.2, 0.25) is 11.8 Å². The van der Waals surface area contributed by atoms with Gasteiger partial charge in [0, 0.05) is 17.9 Å². The second kappa shape index (κ2) is 17.0. The van der Waals surface area contributed by atoms with Crippen molar-refractivity contribution < 1.29 is 29.4 Å². The van der Waals surface area contributed by atoms with Gasteiger partial charge in [-0.2, -0.15) is 11.8 Å². The summed E-state index contributed by atoms with van der Waals surface area (Å²) in [6.07, 6.45) is 10.2. The lowest BCUT2D eigenvalue weighted by molar-refractivity contribution is -0.148. The number of carboxylic acid groups (broad SMARTS) is 2. The Kier molecular flexibility index (Phi) is 15.7. The Bertz CT molecular complexity index is 753. The molecule has 0 fully saturated rings. The Morgan fingerprint density at radius 3 is 2.00 bits per heavy atom. The Morgan fingerprint density at radius 2 is 1.48 bits per heavy atom. The van der Waals surface area contributed by atoms with E-state index in [-0.39, 0.29) is 12.2 Å². The van der Waals surface area contributed by atoms with Crippen LogP contribution in [0.4, 0.5) is 0 Å². The van der Waals surface area contributed by atoms with E-state index in [0.29, 0.717) is 5.75 Å². The van der Waals surface area contributed by atoms with Crippen molar-refractivity contribution in [2.45, 2.75) is 59.8 Å². The zero-order chi connectivity index (χ0) is 25.4. The van der Waals surface area contributed by atoms with Crippen molar-refractivity contribution in [2.24, 2.45) is 11.7 Å². The summed E-state index contributed by atoms with van der Waals surface area (Å²) in [7, 11) is 0. The van der Waals surface area contributed by atoms with Gasteiger partial charge in [-0.25, -0.2) is 0 Å². The van der Waals surface area contributed by atoms with Crippen LogP contribution in [0.2, 0.25) is 0 Å². The van der Waals surface area contributed by atoms with E-state index in [9.17, 15) is 24.3 Å². The Balaban J connectivity index is 4.56. The second-order valence-corrected chi connectivity index (χ2v) is 9.42. The number of thioether (sulfide) groups is 1. The molecule has 0 radical (unpaired) electrons. The molecule has 0 aliphatic carbocycles. The maximum Gasteiger partial charge on any atom is 0.323 e. The first-order valence-electron chi connectivity index (χ1n) is 10.9.